The molecule has 0 fully saturated rings. The van der Waals surface area contributed by atoms with Crippen molar-refractivity contribution in [1.82, 2.24) is 14.9 Å². The summed E-state index contributed by atoms with van der Waals surface area (Å²) in [7, 11) is 4.19. The first kappa shape index (κ1) is 14.6. The third-order valence-corrected chi connectivity index (χ3v) is 3.14. The van der Waals surface area contributed by atoms with Crippen LogP contribution in [0.15, 0.2) is 12.5 Å². The van der Waals surface area contributed by atoms with E-state index in [1.165, 1.54) is 0 Å². The van der Waals surface area contributed by atoms with Gasteiger partial charge in [0.2, 0.25) is 0 Å². The summed E-state index contributed by atoms with van der Waals surface area (Å²) >= 11 is 2.26. The summed E-state index contributed by atoms with van der Waals surface area (Å²) in [6.45, 7) is 5.50. The van der Waals surface area contributed by atoms with Gasteiger partial charge < -0.3 is 10.2 Å². The predicted octanol–water partition coefficient (Wildman–Crippen LogP) is 2.47. The molecule has 17 heavy (non-hydrogen) atoms. The minimum Gasteiger partial charge on any atom is -0.365 e. The molecule has 4 nitrogen and oxygen atoms in total. The summed E-state index contributed by atoms with van der Waals surface area (Å²) in [4.78, 5) is 10.5. The third-order valence-electron chi connectivity index (χ3n) is 2.35. The number of likely N-dealkylation sites (N-methyl/N-ethyl adjacent to an activating group) is 1. The maximum atomic E-state index is 4.28. The number of aromatic nitrogens is 2. The normalized spacial score (nSPS) is 13.1. The van der Waals surface area contributed by atoms with Crippen molar-refractivity contribution in [2.75, 3.05) is 26.0 Å². The van der Waals surface area contributed by atoms with Crippen LogP contribution in [0.2, 0.25) is 0 Å². The monoisotopic (exact) mass is 348 g/mol. The van der Waals surface area contributed by atoms with E-state index in [-0.39, 0.29) is 0 Å². The Kier molecular flexibility index (Phi) is 6.11. The van der Waals surface area contributed by atoms with E-state index in [1.807, 2.05) is 6.20 Å². The first-order valence-corrected chi connectivity index (χ1v) is 6.93. The maximum Gasteiger partial charge on any atom is 0.143 e. The van der Waals surface area contributed by atoms with Crippen LogP contribution in [-0.2, 0) is 0 Å². The zero-order chi connectivity index (χ0) is 12.8. The highest BCUT2D eigenvalue weighted by atomic mass is 127. The third kappa shape index (κ3) is 5.63. The average molecular weight is 348 g/mol. The van der Waals surface area contributed by atoms with Gasteiger partial charge in [-0.25, -0.2) is 9.97 Å². The average Bonchev–Trinajstić information content (AvgIpc) is 2.19. The molecule has 5 heteroatoms. The number of anilines is 1. The summed E-state index contributed by atoms with van der Waals surface area (Å²) in [6, 6.07) is 0.424. The summed E-state index contributed by atoms with van der Waals surface area (Å²) in [5.74, 6) is 1.61. The number of hydrogen-bond donors (Lipinski definition) is 1. The lowest BCUT2D eigenvalue weighted by Gasteiger charge is -2.24. The highest BCUT2D eigenvalue weighted by Crippen LogP contribution is 2.16. The van der Waals surface area contributed by atoms with Gasteiger partial charge >= 0.3 is 0 Å². The van der Waals surface area contributed by atoms with E-state index in [1.54, 1.807) is 6.33 Å². The van der Waals surface area contributed by atoms with Crippen LogP contribution < -0.4 is 5.32 Å². The zero-order valence-electron chi connectivity index (χ0n) is 10.9. The van der Waals surface area contributed by atoms with Crippen LogP contribution in [0.5, 0.6) is 0 Å². The fraction of sp³-hybridized carbons (Fsp3) is 0.667. The highest BCUT2D eigenvalue weighted by molar-refractivity contribution is 14.1. The van der Waals surface area contributed by atoms with Crippen LogP contribution in [-0.4, -0.2) is 41.5 Å². The molecule has 96 valence electrons. The lowest BCUT2D eigenvalue weighted by Crippen LogP contribution is -2.34. The number of rotatable bonds is 6. The van der Waals surface area contributed by atoms with Crippen molar-refractivity contribution in [2.45, 2.75) is 26.3 Å². The molecule has 0 radical (unpaired) electrons. The number of halogens is 1. The molecule has 1 N–H and O–H groups in total. The topological polar surface area (TPSA) is 41.0 Å². The van der Waals surface area contributed by atoms with E-state index in [0.717, 1.165) is 22.4 Å². The van der Waals surface area contributed by atoms with E-state index >= 15 is 0 Å². The minimum absolute atomic E-state index is 0.424. The Balaban J connectivity index is 2.68. The van der Waals surface area contributed by atoms with Gasteiger partial charge in [-0.1, -0.05) is 13.8 Å². The van der Waals surface area contributed by atoms with Crippen molar-refractivity contribution in [3.8, 4) is 0 Å². The van der Waals surface area contributed by atoms with E-state index < -0.39 is 0 Å². The van der Waals surface area contributed by atoms with E-state index in [0.29, 0.717) is 12.0 Å². The molecule has 0 bridgehead atoms. The van der Waals surface area contributed by atoms with Gasteiger partial charge in [-0.3, -0.25) is 0 Å². The quantitative estimate of drug-likeness (QED) is 0.802. The van der Waals surface area contributed by atoms with Gasteiger partial charge in [-0.2, -0.15) is 0 Å². The SMILES string of the molecule is CC(C)CC(CN(C)C)Nc1ncncc1I. The fourth-order valence-electron chi connectivity index (χ4n) is 1.80. The molecule has 0 aromatic carbocycles. The number of hydrogen-bond acceptors (Lipinski definition) is 4. The fourth-order valence-corrected chi connectivity index (χ4v) is 2.26. The molecule has 1 aromatic heterocycles. The van der Waals surface area contributed by atoms with Crippen molar-refractivity contribution in [1.29, 1.82) is 0 Å². The molecule has 0 aliphatic rings. The number of nitrogens with zero attached hydrogens (tertiary/aromatic N) is 3. The molecule has 0 saturated heterocycles. The molecule has 1 atom stereocenters. The molecule has 1 unspecified atom stereocenters. The molecule has 1 rings (SSSR count). The van der Waals surface area contributed by atoms with Crippen LogP contribution in [0.1, 0.15) is 20.3 Å². The van der Waals surface area contributed by atoms with E-state index in [4.69, 9.17) is 0 Å². The van der Waals surface area contributed by atoms with Gasteiger partial charge in [0, 0.05) is 18.8 Å². The molecule has 0 aliphatic heterocycles. The molecule has 0 saturated carbocycles. The smallest absolute Gasteiger partial charge is 0.143 e. The van der Waals surface area contributed by atoms with Crippen molar-refractivity contribution < 1.29 is 0 Å². The van der Waals surface area contributed by atoms with Crippen LogP contribution in [0.3, 0.4) is 0 Å². The van der Waals surface area contributed by atoms with E-state index in [2.05, 4.69) is 70.7 Å². The Labute approximate surface area is 117 Å². The second kappa shape index (κ2) is 7.10. The molecule has 1 heterocycles. The minimum atomic E-state index is 0.424. The van der Waals surface area contributed by atoms with Crippen molar-refractivity contribution in [2.24, 2.45) is 5.92 Å². The Morgan fingerprint density at radius 1 is 1.41 bits per heavy atom. The Morgan fingerprint density at radius 2 is 2.12 bits per heavy atom. The Bertz CT molecular complexity index is 331. The Morgan fingerprint density at radius 3 is 2.65 bits per heavy atom. The van der Waals surface area contributed by atoms with Gasteiger partial charge in [-0.15, -0.1) is 0 Å². The van der Waals surface area contributed by atoms with Gasteiger partial charge in [0.25, 0.3) is 0 Å². The molecular weight excluding hydrogens is 327 g/mol. The largest absolute Gasteiger partial charge is 0.365 e. The second-order valence-corrected chi connectivity index (χ2v) is 6.11. The first-order chi connectivity index (χ1) is 7.99. The molecule has 0 aliphatic carbocycles. The summed E-state index contributed by atoms with van der Waals surface area (Å²) in [5, 5.41) is 3.51. The summed E-state index contributed by atoms with van der Waals surface area (Å²) < 4.78 is 1.07. The van der Waals surface area contributed by atoms with Gasteiger partial charge in [0.1, 0.15) is 12.1 Å². The van der Waals surface area contributed by atoms with E-state index in [9.17, 15) is 0 Å². The first-order valence-electron chi connectivity index (χ1n) is 5.85. The summed E-state index contributed by atoms with van der Waals surface area (Å²) in [6.07, 6.45) is 4.56. The van der Waals surface area contributed by atoms with Crippen LogP contribution in [0.4, 0.5) is 5.82 Å². The molecular formula is C12H21IN4. The summed E-state index contributed by atoms with van der Waals surface area (Å²) in [5.41, 5.74) is 0. The Hall–Kier alpha value is -0.430. The standard InChI is InChI=1S/C12H21IN4/c1-9(2)5-10(7-17(3)4)16-12-11(13)6-14-8-15-12/h6,8-10H,5,7H2,1-4H3,(H,14,15,16). The number of nitrogens with one attached hydrogen (secondary N) is 1. The van der Waals surface area contributed by atoms with Gasteiger partial charge in [0.05, 0.1) is 3.57 Å². The lowest BCUT2D eigenvalue weighted by molar-refractivity contribution is 0.356. The maximum absolute atomic E-state index is 4.28. The van der Waals surface area contributed by atoms with Crippen LogP contribution >= 0.6 is 22.6 Å². The highest BCUT2D eigenvalue weighted by Gasteiger charge is 2.13. The van der Waals surface area contributed by atoms with Crippen LogP contribution in [0, 0.1) is 9.49 Å². The van der Waals surface area contributed by atoms with Crippen molar-refractivity contribution in [3.63, 3.8) is 0 Å². The predicted molar refractivity (Wildman–Crippen MR) is 80.2 cm³/mol. The molecule has 0 amide bonds. The van der Waals surface area contributed by atoms with Crippen molar-refractivity contribution >= 4 is 28.4 Å². The molecule has 1 aromatic rings. The zero-order valence-corrected chi connectivity index (χ0v) is 13.1. The van der Waals surface area contributed by atoms with Crippen molar-refractivity contribution in [3.05, 3.63) is 16.1 Å². The van der Waals surface area contributed by atoms with Gasteiger partial charge in [0.15, 0.2) is 0 Å². The lowest BCUT2D eigenvalue weighted by atomic mass is 10.0. The van der Waals surface area contributed by atoms with Crippen LogP contribution in [0.25, 0.3) is 0 Å². The second-order valence-electron chi connectivity index (χ2n) is 4.95. The molecule has 0 spiro atoms. The van der Waals surface area contributed by atoms with Gasteiger partial charge in [-0.05, 0) is 49.0 Å².